The van der Waals surface area contributed by atoms with E-state index in [1.54, 1.807) is 0 Å². The zero-order valence-corrected chi connectivity index (χ0v) is 11.8. The van der Waals surface area contributed by atoms with Gasteiger partial charge >= 0.3 is 17.1 Å². The van der Waals surface area contributed by atoms with Gasteiger partial charge in [-0.15, -0.1) is 0 Å². The van der Waals surface area contributed by atoms with Crippen molar-refractivity contribution in [1.82, 2.24) is 10.6 Å². The predicted molar refractivity (Wildman–Crippen MR) is 59.8 cm³/mol. The summed E-state index contributed by atoms with van der Waals surface area (Å²) in [5.74, 6) is 0. The molecule has 1 heterocycles. The normalized spacial score (nSPS) is 17.3. The summed E-state index contributed by atoms with van der Waals surface area (Å²) in [7, 11) is 0. The third kappa shape index (κ3) is 49.2. The van der Waals surface area contributed by atoms with Gasteiger partial charge in [-0.2, -0.15) is 0 Å². The van der Waals surface area contributed by atoms with Gasteiger partial charge in [0.25, 0.3) is 0 Å². The van der Waals surface area contributed by atoms with Gasteiger partial charge in [-0.3, -0.25) is 0 Å². The monoisotopic (exact) mass is 300 g/mol. The molecule has 2 N–H and O–H groups in total. The first-order valence-electron chi connectivity index (χ1n) is 4.37. The van der Waals surface area contributed by atoms with Crippen LogP contribution in [0.4, 0.5) is 0 Å². The number of nitrogens with zero attached hydrogens (tertiary/aromatic N) is 5. The first kappa shape index (κ1) is 36.0. The summed E-state index contributed by atoms with van der Waals surface area (Å²) < 4.78 is 0. The second kappa shape index (κ2) is 56.6. The third-order valence-corrected chi connectivity index (χ3v) is 1.54. The van der Waals surface area contributed by atoms with E-state index in [0.717, 1.165) is 13.1 Å². The summed E-state index contributed by atoms with van der Waals surface area (Å²) in [4.78, 5) is 0. The van der Waals surface area contributed by atoms with Crippen LogP contribution in [0.2, 0.25) is 0 Å². The Balaban J connectivity index is -0.0000000332. The second-order valence-corrected chi connectivity index (χ2v) is 2.62. The quantitative estimate of drug-likeness (QED) is 0.487. The topological polar surface area (TPSA) is 143 Å². The largest absolute Gasteiger partial charge is 5.00 e. The number of rotatable bonds is 0. The Morgan fingerprint density at radius 3 is 0.895 bits per heavy atom. The molecule has 1 rings (SSSR count). The molecule has 1 aliphatic heterocycles. The molecule has 0 aliphatic carbocycles. The molecule has 1 radical (unpaired) electrons. The summed E-state index contributed by atoms with van der Waals surface area (Å²) >= 11 is 0. The number of hydrogen-bond acceptors (Lipinski definition) is 7. The van der Waals surface area contributed by atoms with E-state index in [2.05, 4.69) is 24.5 Å². The summed E-state index contributed by atoms with van der Waals surface area (Å²) in [5.41, 5.74) is 0. The van der Waals surface area contributed by atoms with Crippen molar-refractivity contribution in [3.8, 4) is 0 Å². The Hall–Kier alpha value is -2.11. The SMILES string of the molecule is CC1CNC(C)CN1.[C-]#N.[C-]#N.[C-]#N.[C-]#N.[C-]#N.[Fe+5]. The Morgan fingerprint density at radius 2 is 0.789 bits per heavy atom. The van der Waals surface area contributed by atoms with Crippen molar-refractivity contribution in [2.24, 2.45) is 0 Å². The minimum atomic E-state index is 0. The fourth-order valence-electron chi connectivity index (χ4n) is 0.900. The van der Waals surface area contributed by atoms with Gasteiger partial charge < -0.3 is 69.8 Å². The Kier molecular flexibility index (Phi) is 107. The molecule has 0 aromatic rings. The van der Waals surface area contributed by atoms with Crippen LogP contribution < -0.4 is 10.6 Å². The van der Waals surface area contributed by atoms with Crippen molar-refractivity contribution in [1.29, 1.82) is 26.3 Å². The van der Waals surface area contributed by atoms with Crippen LogP contribution in [0.5, 0.6) is 0 Å². The fourth-order valence-corrected chi connectivity index (χ4v) is 0.900. The van der Waals surface area contributed by atoms with Crippen molar-refractivity contribution in [2.45, 2.75) is 25.9 Å². The first-order chi connectivity index (χ1) is 8.79. The van der Waals surface area contributed by atoms with Gasteiger partial charge in [0, 0.05) is 25.2 Å². The molecule has 0 saturated carbocycles. The van der Waals surface area contributed by atoms with Crippen molar-refractivity contribution in [3.63, 3.8) is 0 Å². The summed E-state index contributed by atoms with van der Waals surface area (Å²) in [6.07, 6.45) is 0. The van der Waals surface area contributed by atoms with E-state index in [-0.39, 0.29) is 17.1 Å². The molecule has 19 heavy (non-hydrogen) atoms. The van der Waals surface area contributed by atoms with Gasteiger partial charge in [0.15, 0.2) is 0 Å². The molecule has 2 atom stereocenters. The molecular weight excluding hydrogens is 286 g/mol. The molecule has 2 unspecified atom stereocenters. The van der Waals surface area contributed by atoms with Gasteiger partial charge in [-0.25, -0.2) is 0 Å². The molecule has 0 aromatic heterocycles. The smallest absolute Gasteiger partial charge is 0.512 e. The van der Waals surface area contributed by atoms with Crippen LogP contribution in [0.25, 0.3) is 0 Å². The third-order valence-electron chi connectivity index (χ3n) is 1.54. The standard InChI is InChI=1S/C6H14N2.5CN.Fe/c1-5-3-8-6(2)4-7-5;5*1-2;/h5-8H,3-4H2,1-2H3;;;;;;/q;5*-1;+5. The van der Waals surface area contributed by atoms with E-state index in [4.69, 9.17) is 59.2 Å². The summed E-state index contributed by atoms with van der Waals surface area (Å²) in [5, 5.41) is 38.0. The maximum Gasteiger partial charge on any atom is 5.00 e. The van der Waals surface area contributed by atoms with Crippen molar-refractivity contribution in [2.75, 3.05) is 13.1 Å². The zero-order valence-electron chi connectivity index (χ0n) is 10.7. The molecule has 0 aromatic carbocycles. The fraction of sp³-hybridized carbons (Fsp3) is 0.545. The average molecular weight is 300 g/mol. The van der Waals surface area contributed by atoms with Gasteiger partial charge in [0.2, 0.25) is 0 Å². The van der Waals surface area contributed by atoms with Crippen LogP contribution in [0.1, 0.15) is 13.8 Å². The zero-order chi connectivity index (χ0) is 16.0. The predicted octanol–water partition coefficient (Wildman–Crippen LogP) is 0.436. The van der Waals surface area contributed by atoms with Crippen molar-refractivity contribution < 1.29 is 17.1 Å². The second-order valence-electron chi connectivity index (χ2n) is 2.62. The van der Waals surface area contributed by atoms with E-state index >= 15 is 0 Å². The molecule has 8 heteroatoms. The molecule has 1 saturated heterocycles. The van der Waals surface area contributed by atoms with Crippen molar-refractivity contribution >= 4 is 0 Å². The molecule has 0 amide bonds. The molecule has 1 aliphatic rings. The Morgan fingerprint density at radius 1 is 0.632 bits per heavy atom. The van der Waals surface area contributed by atoms with E-state index in [1.807, 2.05) is 0 Å². The van der Waals surface area contributed by atoms with Gasteiger partial charge in [0.1, 0.15) is 0 Å². The van der Waals surface area contributed by atoms with Gasteiger partial charge in [-0.1, -0.05) is 0 Å². The molecule has 7 nitrogen and oxygen atoms in total. The minimum Gasteiger partial charge on any atom is -0.512 e. The van der Waals surface area contributed by atoms with Crippen LogP contribution in [0.15, 0.2) is 0 Å². The molecule has 0 bridgehead atoms. The summed E-state index contributed by atoms with van der Waals surface area (Å²) in [6.45, 7) is 30.4. The number of hydrogen-bond donors (Lipinski definition) is 2. The van der Waals surface area contributed by atoms with Crippen LogP contribution in [-0.4, -0.2) is 25.2 Å². The van der Waals surface area contributed by atoms with Crippen molar-refractivity contribution in [3.05, 3.63) is 32.9 Å². The van der Waals surface area contributed by atoms with Gasteiger partial charge in [-0.05, 0) is 13.8 Å². The van der Waals surface area contributed by atoms with Gasteiger partial charge in [0.05, 0.1) is 0 Å². The van der Waals surface area contributed by atoms with Crippen LogP contribution in [0.3, 0.4) is 0 Å². The molecular formula is C11H14FeN7. The summed E-state index contributed by atoms with van der Waals surface area (Å²) in [6, 6.07) is 1.32. The molecule has 101 valence electrons. The number of nitrogens with one attached hydrogen (secondary N) is 2. The Labute approximate surface area is 126 Å². The Bertz CT molecular complexity index is 179. The van der Waals surface area contributed by atoms with Crippen LogP contribution in [0, 0.1) is 59.2 Å². The average Bonchev–Trinajstić information content (AvgIpc) is 2.52. The van der Waals surface area contributed by atoms with E-state index in [0.29, 0.717) is 12.1 Å². The van der Waals surface area contributed by atoms with Crippen LogP contribution >= 0.6 is 0 Å². The van der Waals surface area contributed by atoms with E-state index in [1.165, 1.54) is 0 Å². The van der Waals surface area contributed by atoms with E-state index < -0.39 is 0 Å². The van der Waals surface area contributed by atoms with Crippen LogP contribution in [-0.2, 0) is 17.1 Å². The van der Waals surface area contributed by atoms with E-state index in [9.17, 15) is 0 Å². The molecule has 1 fully saturated rings. The minimum absolute atomic E-state index is 0. The first-order valence-corrected chi connectivity index (χ1v) is 4.37. The molecule has 0 spiro atoms. The maximum atomic E-state index is 6.25. The maximum absolute atomic E-state index is 6.25. The number of piperazine rings is 1.